The summed E-state index contributed by atoms with van der Waals surface area (Å²) in [5.74, 6) is -0.458. The Labute approximate surface area is 129 Å². The molecule has 1 unspecified atom stereocenters. The van der Waals surface area contributed by atoms with E-state index in [0.29, 0.717) is 23.6 Å². The fraction of sp³-hybridized carbons (Fsp3) is 0.385. The van der Waals surface area contributed by atoms with E-state index in [0.717, 1.165) is 0 Å². The van der Waals surface area contributed by atoms with Gasteiger partial charge in [-0.25, -0.2) is 0 Å². The Hall–Kier alpha value is -1.30. The molecule has 0 aromatic heterocycles. The van der Waals surface area contributed by atoms with Crippen LogP contribution < -0.4 is 16.4 Å². The van der Waals surface area contributed by atoms with Crippen LogP contribution in [0.1, 0.15) is 19.8 Å². The highest BCUT2D eigenvalue weighted by Crippen LogP contribution is 2.12. The van der Waals surface area contributed by atoms with E-state index < -0.39 is 0 Å². The van der Waals surface area contributed by atoms with Crippen molar-refractivity contribution in [2.75, 3.05) is 11.9 Å². The van der Waals surface area contributed by atoms with Crippen molar-refractivity contribution in [1.29, 1.82) is 0 Å². The van der Waals surface area contributed by atoms with Crippen LogP contribution in [-0.4, -0.2) is 24.4 Å². The number of amides is 2. The zero-order chi connectivity index (χ0) is 14.3. The molecule has 0 heterocycles. The summed E-state index contributed by atoms with van der Waals surface area (Å²) in [6.45, 7) is 1.78. The lowest BCUT2D eigenvalue weighted by atomic mass is 10.2. The van der Waals surface area contributed by atoms with Gasteiger partial charge in [-0.2, -0.15) is 0 Å². The molecule has 112 valence electrons. The molecule has 7 heteroatoms. The van der Waals surface area contributed by atoms with Crippen molar-refractivity contribution in [1.82, 2.24) is 5.32 Å². The molecule has 4 N–H and O–H groups in total. The number of halogens is 2. The SMILES string of the molecule is CC(N)CCC(=O)NCC(=O)Nc1ccc(Cl)cc1.Cl. The van der Waals surface area contributed by atoms with Crippen molar-refractivity contribution >= 4 is 41.5 Å². The van der Waals surface area contributed by atoms with Gasteiger partial charge in [-0.1, -0.05) is 11.6 Å². The topological polar surface area (TPSA) is 84.2 Å². The highest BCUT2D eigenvalue weighted by atomic mass is 35.5. The predicted molar refractivity (Wildman–Crippen MR) is 83.2 cm³/mol. The average Bonchev–Trinajstić information content (AvgIpc) is 2.36. The number of carbonyl (C=O) groups excluding carboxylic acids is 2. The minimum absolute atomic E-state index is 0. The van der Waals surface area contributed by atoms with Gasteiger partial charge in [-0.3, -0.25) is 9.59 Å². The lowest BCUT2D eigenvalue weighted by molar-refractivity contribution is -0.124. The third-order valence-corrected chi connectivity index (χ3v) is 2.65. The van der Waals surface area contributed by atoms with Gasteiger partial charge in [0.1, 0.15) is 0 Å². The van der Waals surface area contributed by atoms with Gasteiger partial charge < -0.3 is 16.4 Å². The zero-order valence-corrected chi connectivity index (χ0v) is 12.8. The number of nitrogens with one attached hydrogen (secondary N) is 2. The summed E-state index contributed by atoms with van der Waals surface area (Å²) >= 11 is 5.73. The van der Waals surface area contributed by atoms with E-state index in [1.807, 2.05) is 6.92 Å². The quantitative estimate of drug-likeness (QED) is 0.749. The standard InChI is InChI=1S/C13H18ClN3O2.ClH/c1-9(15)2-7-12(18)16-8-13(19)17-11-5-3-10(14)4-6-11;/h3-6,9H,2,7-8,15H2,1H3,(H,16,18)(H,17,19);1H. The molecule has 2 amide bonds. The maximum Gasteiger partial charge on any atom is 0.243 e. The Kier molecular flexibility index (Phi) is 8.96. The van der Waals surface area contributed by atoms with E-state index in [1.165, 1.54) is 0 Å². The molecule has 1 rings (SSSR count). The Morgan fingerprint density at radius 1 is 1.25 bits per heavy atom. The molecule has 5 nitrogen and oxygen atoms in total. The van der Waals surface area contributed by atoms with Crippen molar-refractivity contribution in [3.05, 3.63) is 29.3 Å². The van der Waals surface area contributed by atoms with Gasteiger partial charge in [0, 0.05) is 23.2 Å². The molecule has 20 heavy (non-hydrogen) atoms. The highest BCUT2D eigenvalue weighted by Gasteiger charge is 2.06. The first kappa shape index (κ1) is 18.7. The molecule has 0 radical (unpaired) electrons. The van der Waals surface area contributed by atoms with Crippen LogP contribution in [0.4, 0.5) is 5.69 Å². The van der Waals surface area contributed by atoms with Gasteiger partial charge in [0.05, 0.1) is 6.54 Å². The Morgan fingerprint density at radius 3 is 2.40 bits per heavy atom. The van der Waals surface area contributed by atoms with E-state index in [9.17, 15) is 9.59 Å². The van der Waals surface area contributed by atoms with Crippen LogP contribution in [0.2, 0.25) is 5.02 Å². The van der Waals surface area contributed by atoms with Crippen molar-refractivity contribution in [2.24, 2.45) is 5.73 Å². The molecule has 1 aromatic carbocycles. The third-order valence-electron chi connectivity index (χ3n) is 2.40. The maximum atomic E-state index is 11.6. The van der Waals surface area contributed by atoms with Crippen molar-refractivity contribution in [3.8, 4) is 0 Å². The first-order valence-electron chi connectivity index (χ1n) is 6.05. The molecule has 1 atom stereocenters. The second-order valence-electron chi connectivity index (χ2n) is 4.35. The number of rotatable bonds is 6. The largest absolute Gasteiger partial charge is 0.347 e. The Bertz CT molecular complexity index is 436. The summed E-state index contributed by atoms with van der Waals surface area (Å²) in [5.41, 5.74) is 6.18. The molecule has 1 aromatic rings. The molecule has 0 saturated carbocycles. The summed E-state index contributed by atoms with van der Waals surface area (Å²) in [5, 5.41) is 5.79. The summed E-state index contributed by atoms with van der Waals surface area (Å²) in [6.07, 6.45) is 0.927. The lowest BCUT2D eigenvalue weighted by Gasteiger charge is -2.08. The molecule has 0 aliphatic rings. The Morgan fingerprint density at radius 2 is 1.85 bits per heavy atom. The second kappa shape index (κ2) is 9.58. The van der Waals surface area contributed by atoms with Gasteiger partial charge >= 0.3 is 0 Å². The highest BCUT2D eigenvalue weighted by molar-refractivity contribution is 6.30. The van der Waals surface area contributed by atoms with Crippen LogP contribution in [0.15, 0.2) is 24.3 Å². The third kappa shape index (κ3) is 7.99. The van der Waals surface area contributed by atoms with E-state index in [1.54, 1.807) is 24.3 Å². The van der Waals surface area contributed by atoms with Gasteiger partial charge in [0.2, 0.25) is 11.8 Å². The maximum absolute atomic E-state index is 11.6. The number of hydrogen-bond acceptors (Lipinski definition) is 3. The number of nitrogens with two attached hydrogens (primary N) is 1. The number of anilines is 1. The van der Waals surface area contributed by atoms with Crippen LogP contribution in [0, 0.1) is 0 Å². The summed E-state index contributed by atoms with van der Waals surface area (Å²) in [6, 6.07) is 6.72. The van der Waals surface area contributed by atoms with E-state index in [2.05, 4.69) is 10.6 Å². The molecule has 0 aliphatic carbocycles. The smallest absolute Gasteiger partial charge is 0.243 e. The van der Waals surface area contributed by atoms with Gasteiger partial charge in [-0.15, -0.1) is 12.4 Å². The van der Waals surface area contributed by atoms with E-state index in [4.69, 9.17) is 17.3 Å². The predicted octanol–water partition coefficient (Wildman–Crippen LogP) is 1.94. The van der Waals surface area contributed by atoms with Crippen molar-refractivity contribution in [2.45, 2.75) is 25.8 Å². The van der Waals surface area contributed by atoms with Crippen LogP contribution >= 0.6 is 24.0 Å². The minimum Gasteiger partial charge on any atom is -0.347 e. The zero-order valence-electron chi connectivity index (χ0n) is 11.2. The summed E-state index contributed by atoms with van der Waals surface area (Å²) < 4.78 is 0. The van der Waals surface area contributed by atoms with Crippen LogP contribution in [0.25, 0.3) is 0 Å². The molecule has 0 spiro atoms. The van der Waals surface area contributed by atoms with Crippen LogP contribution in [0.5, 0.6) is 0 Å². The molecular formula is C13H19Cl2N3O2. The summed E-state index contributed by atoms with van der Waals surface area (Å²) in [7, 11) is 0. The molecule has 0 aliphatic heterocycles. The van der Waals surface area contributed by atoms with Gasteiger partial charge in [0.25, 0.3) is 0 Å². The van der Waals surface area contributed by atoms with E-state index >= 15 is 0 Å². The number of carbonyl (C=O) groups is 2. The Balaban J connectivity index is 0.00000361. The minimum atomic E-state index is -0.281. The first-order valence-corrected chi connectivity index (χ1v) is 6.43. The molecular weight excluding hydrogens is 301 g/mol. The molecule has 0 fully saturated rings. The summed E-state index contributed by atoms with van der Waals surface area (Å²) in [4.78, 5) is 22.9. The second-order valence-corrected chi connectivity index (χ2v) is 4.78. The van der Waals surface area contributed by atoms with Gasteiger partial charge in [-0.05, 0) is 37.6 Å². The number of hydrogen-bond donors (Lipinski definition) is 3. The molecule has 0 bridgehead atoms. The average molecular weight is 320 g/mol. The first-order chi connectivity index (χ1) is 8.97. The van der Waals surface area contributed by atoms with E-state index in [-0.39, 0.29) is 36.8 Å². The van der Waals surface area contributed by atoms with Crippen molar-refractivity contribution in [3.63, 3.8) is 0 Å². The van der Waals surface area contributed by atoms with Crippen LogP contribution in [-0.2, 0) is 9.59 Å². The number of benzene rings is 1. The fourth-order valence-electron chi connectivity index (χ4n) is 1.36. The van der Waals surface area contributed by atoms with Crippen molar-refractivity contribution < 1.29 is 9.59 Å². The lowest BCUT2D eigenvalue weighted by Crippen LogP contribution is -2.33. The normalized spacial score (nSPS) is 11.2. The molecule has 0 saturated heterocycles. The van der Waals surface area contributed by atoms with Gasteiger partial charge in [0.15, 0.2) is 0 Å². The monoisotopic (exact) mass is 319 g/mol. The van der Waals surface area contributed by atoms with Crippen LogP contribution in [0.3, 0.4) is 0 Å². The fourth-order valence-corrected chi connectivity index (χ4v) is 1.49.